The van der Waals surface area contributed by atoms with Gasteiger partial charge < -0.3 is 15.5 Å². The molecule has 0 aromatic heterocycles. The lowest BCUT2D eigenvalue weighted by Crippen LogP contribution is -2.34. The molecule has 2 aromatic rings. The van der Waals surface area contributed by atoms with Crippen molar-refractivity contribution in [1.29, 1.82) is 0 Å². The Hall–Kier alpha value is -2.84. The van der Waals surface area contributed by atoms with E-state index < -0.39 is 10.0 Å². The van der Waals surface area contributed by atoms with E-state index in [4.69, 9.17) is 0 Å². The van der Waals surface area contributed by atoms with Crippen LogP contribution in [0.15, 0.2) is 52.9 Å². The van der Waals surface area contributed by atoms with Crippen LogP contribution in [0.5, 0.6) is 11.5 Å². The first-order valence-electron chi connectivity index (χ1n) is 10.4. The monoisotopic (exact) mass is 444 g/mol. The molecule has 0 heterocycles. The van der Waals surface area contributed by atoms with E-state index in [1.54, 1.807) is 31.2 Å². The van der Waals surface area contributed by atoms with E-state index in [9.17, 15) is 23.4 Å². The van der Waals surface area contributed by atoms with Gasteiger partial charge in [-0.15, -0.1) is 0 Å². The van der Waals surface area contributed by atoms with Crippen molar-refractivity contribution < 1.29 is 23.4 Å². The molecule has 0 aliphatic heterocycles. The molecule has 0 unspecified atom stereocenters. The Kier molecular flexibility index (Phi) is 7.35. The molecule has 0 radical (unpaired) electrons. The number of benzene rings is 2. The third-order valence-corrected chi connectivity index (χ3v) is 6.88. The molecule has 0 spiro atoms. The van der Waals surface area contributed by atoms with Gasteiger partial charge in [0.2, 0.25) is 10.0 Å². The number of phenolic OH excluding ortho intramolecular Hbond substituents is 2. The van der Waals surface area contributed by atoms with E-state index in [1.165, 1.54) is 24.3 Å². The van der Waals surface area contributed by atoms with Crippen LogP contribution in [0.3, 0.4) is 0 Å². The van der Waals surface area contributed by atoms with Crippen LogP contribution < -0.4 is 10.0 Å². The number of amides is 1. The third kappa shape index (κ3) is 6.32. The van der Waals surface area contributed by atoms with Crippen LogP contribution in [-0.4, -0.2) is 30.6 Å². The van der Waals surface area contributed by atoms with Crippen LogP contribution in [0.25, 0.3) is 6.08 Å². The van der Waals surface area contributed by atoms with Gasteiger partial charge >= 0.3 is 0 Å². The van der Waals surface area contributed by atoms with Crippen LogP contribution in [0.1, 0.15) is 51.0 Å². The molecule has 1 saturated carbocycles. The first-order chi connectivity index (χ1) is 14.7. The Morgan fingerprint density at radius 3 is 2.23 bits per heavy atom. The van der Waals surface area contributed by atoms with Crippen molar-refractivity contribution in [3.05, 3.63) is 53.6 Å². The molecular weight excluding hydrogens is 416 g/mol. The Balaban J connectivity index is 1.64. The Labute approximate surface area is 182 Å². The van der Waals surface area contributed by atoms with E-state index in [1.807, 2.05) is 0 Å². The van der Waals surface area contributed by atoms with Gasteiger partial charge in [-0.1, -0.05) is 31.7 Å². The second-order valence-corrected chi connectivity index (χ2v) is 9.58. The van der Waals surface area contributed by atoms with Crippen LogP contribution in [-0.2, 0) is 14.8 Å². The quantitative estimate of drug-likeness (QED) is 0.304. The van der Waals surface area contributed by atoms with E-state index in [-0.39, 0.29) is 28.3 Å². The molecule has 1 amide bonds. The maximum Gasteiger partial charge on any atom is 0.251 e. The Bertz CT molecular complexity index is 1050. The van der Waals surface area contributed by atoms with Crippen molar-refractivity contribution in [3.63, 3.8) is 0 Å². The van der Waals surface area contributed by atoms with E-state index >= 15 is 0 Å². The number of phenols is 2. The molecule has 31 heavy (non-hydrogen) atoms. The summed E-state index contributed by atoms with van der Waals surface area (Å²) in [6, 6.07) is 10.3. The third-order valence-electron chi connectivity index (χ3n) is 5.34. The summed E-state index contributed by atoms with van der Waals surface area (Å²) < 4.78 is 28.1. The number of aromatic hydroxyl groups is 2. The zero-order valence-corrected chi connectivity index (χ0v) is 18.3. The number of nitrogens with one attached hydrogen (secondary N) is 2. The van der Waals surface area contributed by atoms with Crippen molar-refractivity contribution in [3.8, 4) is 11.5 Å². The molecule has 7 nitrogen and oxygen atoms in total. The highest BCUT2D eigenvalue weighted by Crippen LogP contribution is 2.26. The maximum atomic E-state index is 12.7. The molecule has 1 aliphatic rings. The summed E-state index contributed by atoms with van der Waals surface area (Å²) in [5, 5.41) is 21.7. The van der Waals surface area contributed by atoms with E-state index in [2.05, 4.69) is 10.0 Å². The molecule has 0 atom stereocenters. The fourth-order valence-corrected chi connectivity index (χ4v) is 4.88. The van der Waals surface area contributed by atoms with Gasteiger partial charge in [0, 0.05) is 17.3 Å². The highest BCUT2D eigenvalue weighted by molar-refractivity contribution is 7.89. The summed E-state index contributed by atoms with van der Waals surface area (Å²) in [6.45, 7) is 1.62. The molecule has 1 aliphatic carbocycles. The van der Waals surface area contributed by atoms with Crippen LogP contribution in [0.4, 0.5) is 5.69 Å². The molecule has 4 N–H and O–H groups in total. The lowest BCUT2D eigenvalue weighted by Gasteiger charge is -2.16. The number of carbonyl (C=O) groups is 1. The van der Waals surface area contributed by atoms with Crippen molar-refractivity contribution in [2.75, 3.05) is 5.32 Å². The topological polar surface area (TPSA) is 116 Å². The highest BCUT2D eigenvalue weighted by atomic mass is 32.2. The lowest BCUT2D eigenvalue weighted by atomic mass is 10.1. The van der Waals surface area contributed by atoms with Gasteiger partial charge in [-0.2, -0.15) is 0 Å². The minimum atomic E-state index is -3.60. The van der Waals surface area contributed by atoms with Gasteiger partial charge in [0.1, 0.15) is 0 Å². The smallest absolute Gasteiger partial charge is 0.251 e. The molecule has 2 aromatic carbocycles. The van der Waals surface area contributed by atoms with Crippen LogP contribution in [0.2, 0.25) is 0 Å². The van der Waals surface area contributed by atoms with Crippen molar-refractivity contribution >= 4 is 27.7 Å². The molecule has 3 rings (SSSR count). The van der Waals surface area contributed by atoms with Gasteiger partial charge in [-0.25, -0.2) is 13.1 Å². The fraction of sp³-hybridized carbons (Fsp3) is 0.348. The molecular formula is C23H28N2O5S. The average molecular weight is 445 g/mol. The van der Waals surface area contributed by atoms with Gasteiger partial charge in [0.15, 0.2) is 11.5 Å². The molecule has 8 heteroatoms. The second-order valence-electron chi connectivity index (χ2n) is 7.86. The molecule has 1 fully saturated rings. The Morgan fingerprint density at radius 1 is 0.968 bits per heavy atom. The number of hydrogen-bond acceptors (Lipinski definition) is 5. The number of carbonyl (C=O) groups excluding carboxylic acids is 1. The second kappa shape index (κ2) is 9.98. The van der Waals surface area contributed by atoms with Gasteiger partial charge in [0.05, 0.1) is 4.90 Å². The summed E-state index contributed by atoms with van der Waals surface area (Å²) in [5.41, 5.74) is 1.42. The first kappa shape index (κ1) is 22.8. The van der Waals surface area contributed by atoms with Crippen molar-refractivity contribution in [2.45, 2.75) is 56.4 Å². The number of anilines is 1. The van der Waals surface area contributed by atoms with Crippen molar-refractivity contribution in [1.82, 2.24) is 4.72 Å². The highest BCUT2D eigenvalue weighted by Gasteiger charge is 2.21. The predicted octanol–water partition coefficient (Wildman–Crippen LogP) is 4.14. The summed E-state index contributed by atoms with van der Waals surface area (Å²) in [7, 11) is -3.60. The summed E-state index contributed by atoms with van der Waals surface area (Å²) >= 11 is 0. The van der Waals surface area contributed by atoms with Crippen LogP contribution >= 0.6 is 0 Å². The first-order valence-corrected chi connectivity index (χ1v) is 11.9. The number of hydrogen-bond donors (Lipinski definition) is 4. The molecule has 0 bridgehead atoms. The van der Waals surface area contributed by atoms with Gasteiger partial charge in [0.25, 0.3) is 5.91 Å². The van der Waals surface area contributed by atoms with E-state index in [0.717, 1.165) is 38.5 Å². The minimum Gasteiger partial charge on any atom is -0.504 e. The SMILES string of the molecule is C/C(=C\c1ccc(O)c(O)c1)C(=O)Nc1ccc(S(=O)(=O)NC2CCCCCC2)cc1. The average Bonchev–Trinajstić information content (AvgIpc) is 2.99. The predicted molar refractivity (Wildman–Crippen MR) is 120 cm³/mol. The minimum absolute atomic E-state index is 0.0287. The Morgan fingerprint density at radius 2 is 1.61 bits per heavy atom. The fourth-order valence-electron chi connectivity index (χ4n) is 3.58. The standard InChI is InChI=1S/C23H28N2O5S/c1-16(14-17-8-13-21(26)22(27)15-17)23(28)24-18-9-11-20(12-10-18)31(29,30)25-19-6-4-2-3-5-7-19/h8-15,19,25-27H,2-7H2,1H3,(H,24,28)/b16-14+. The van der Waals surface area contributed by atoms with E-state index in [0.29, 0.717) is 16.8 Å². The zero-order chi connectivity index (χ0) is 22.4. The van der Waals surface area contributed by atoms with Crippen LogP contribution in [0, 0.1) is 0 Å². The summed E-state index contributed by atoms with van der Waals surface area (Å²) in [4.78, 5) is 12.6. The number of sulfonamides is 1. The molecule has 0 saturated heterocycles. The van der Waals surface area contributed by atoms with Gasteiger partial charge in [-0.05, 0) is 67.8 Å². The largest absolute Gasteiger partial charge is 0.504 e. The summed E-state index contributed by atoms with van der Waals surface area (Å²) in [5.74, 6) is -0.862. The maximum absolute atomic E-state index is 12.7. The van der Waals surface area contributed by atoms with Crippen molar-refractivity contribution in [2.24, 2.45) is 0 Å². The molecule has 166 valence electrons. The zero-order valence-electron chi connectivity index (χ0n) is 17.5. The normalized spacial score (nSPS) is 16.0. The van der Waals surface area contributed by atoms with Gasteiger partial charge in [-0.3, -0.25) is 4.79 Å². The lowest BCUT2D eigenvalue weighted by molar-refractivity contribution is -0.112. The summed E-state index contributed by atoms with van der Waals surface area (Å²) in [6.07, 6.45) is 7.66. The number of rotatable bonds is 6.